The van der Waals surface area contributed by atoms with Crippen LogP contribution in [0.15, 0.2) is 12.2 Å². The fraction of sp³-hybridized carbons (Fsp3) is 0.786. The molecule has 16 heavy (non-hydrogen) atoms. The second-order valence-electron chi connectivity index (χ2n) is 4.62. The summed E-state index contributed by atoms with van der Waals surface area (Å²) in [6, 6.07) is 0. The zero-order valence-electron chi connectivity index (χ0n) is 11.2. The van der Waals surface area contributed by atoms with Gasteiger partial charge in [0.15, 0.2) is 0 Å². The van der Waals surface area contributed by atoms with E-state index in [-0.39, 0.29) is 5.12 Å². The minimum atomic E-state index is 0.191. The van der Waals surface area contributed by atoms with Crippen molar-refractivity contribution in [2.45, 2.75) is 53.4 Å². The van der Waals surface area contributed by atoms with Gasteiger partial charge in [0.25, 0.3) is 0 Å². The van der Waals surface area contributed by atoms with Gasteiger partial charge in [-0.1, -0.05) is 58.4 Å². The summed E-state index contributed by atoms with van der Waals surface area (Å²) in [6.07, 6.45) is 8.66. The van der Waals surface area contributed by atoms with Gasteiger partial charge in [-0.05, 0) is 36.5 Å². The average Bonchev–Trinajstić information content (AvgIpc) is 2.18. The van der Waals surface area contributed by atoms with Crippen LogP contribution in [-0.4, -0.2) is 10.9 Å². The first kappa shape index (κ1) is 15.8. The van der Waals surface area contributed by atoms with Crippen molar-refractivity contribution in [1.82, 2.24) is 0 Å². The molecule has 0 aliphatic carbocycles. The molecule has 0 saturated carbocycles. The molecule has 0 aromatic heterocycles. The topological polar surface area (TPSA) is 17.1 Å². The Hall–Kier alpha value is -0.240. The number of thioether (sulfide) groups is 1. The van der Waals surface area contributed by atoms with Crippen LogP contribution in [0.1, 0.15) is 53.4 Å². The SMILES string of the molecule is CCC[C@@H](C)C[C@@H](C)C/C=C/C(=O)SCC. The first-order valence-corrected chi connectivity index (χ1v) is 7.41. The Morgan fingerprint density at radius 1 is 1.25 bits per heavy atom. The molecular formula is C14H26OS. The molecule has 94 valence electrons. The first-order chi connectivity index (χ1) is 7.60. The Bertz CT molecular complexity index is 211. The Kier molecular flexibility index (Phi) is 9.80. The number of rotatable bonds is 8. The summed E-state index contributed by atoms with van der Waals surface area (Å²) in [7, 11) is 0. The van der Waals surface area contributed by atoms with E-state index in [2.05, 4.69) is 20.8 Å². The summed E-state index contributed by atoms with van der Waals surface area (Å²) in [4.78, 5) is 11.2. The summed E-state index contributed by atoms with van der Waals surface area (Å²) in [5.74, 6) is 2.37. The van der Waals surface area contributed by atoms with Crippen LogP contribution >= 0.6 is 11.8 Å². The van der Waals surface area contributed by atoms with Crippen LogP contribution < -0.4 is 0 Å². The second kappa shape index (κ2) is 9.95. The van der Waals surface area contributed by atoms with E-state index in [1.54, 1.807) is 6.08 Å². The van der Waals surface area contributed by atoms with Crippen molar-refractivity contribution in [2.75, 3.05) is 5.75 Å². The molecule has 0 aromatic carbocycles. The van der Waals surface area contributed by atoms with Gasteiger partial charge in [-0.15, -0.1) is 0 Å². The summed E-state index contributed by atoms with van der Waals surface area (Å²) >= 11 is 1.38. The van der Waals surface area contributed by atoms with Crippen molar-refractivity contribution in [3.63, 3.8) is 0 Å². The van der Waals surface area contributed by atoms with Gasteiger partial charge in [-0.3, -0.25) is 4.79 Å². The number of carbonyl (C=O) groups is 1. The molecule has 0 saturated heterocycles. The van der Waals surface area contributed by atoms with Gasteiger partial charge in [-0.2, -0.15) is 0 Å². The van der Waals surface area contributed by atoms with E-state index in [1.807, 2.05) is 13.0 Å². The highest BCUT2D eigenvalue weighted by atomic mass is 32.2. The maximum absolute atomic E-state index is 11.2. The van der Waals surface area contributed by atoms with Crippen molar-refractivity contribution in [1.29, 1.82) is 0 Å². The van der Waals surface area contributed by atoms with Crippen LogP contribution in [0.3, 0.4) is 0 Å². The van der Waals surface area contributed by atoms with Crippen LogP contribution in [0, 0.1) is 11.8 Å². The van der Waals surface area contributed by atoms with Gasteiger partial charge >= 0.3 is 0 Å². The Morgan fingerprint density at radius 2 is 1.94 bits per heavy atom. The lowest BCUT2D eigenvalue weighted by Crippen LogP contribution is -2.02. The highest BCUT2D eigenvalue weighted by molar-refractivity contribution is 8.14. The molecule has 2 heteroatoms. The fourth-order valence-electron chi connectivity index (χ4n) is 1.98. The van der Waals surface area contributed by atoms with Gasteiger partial charge < -0.3 is 0 Å². The van der Waals surface area contributed by atoms with E-state index >= 15 is 0 Å². The molecule has 1 nitrogen and oxygen atoms in total. The quantitative estimate of drug-likeness (QED) is 0.575. The molecule has 0 aliphatic rings. The van der Waals surface area contributed by atoms with Crippen LogP contribution in [0.25, 0.3) is 0 Å². The van der Waals surface area contributed by atoms with E-state index in [9.17, 15) is 4.79 Å². The molecule has 0 fully saturated rings. The third-order valence-electron chi connectivity index (χ3n) is 2.67. The van der Waals surface area contributed by atoms with Gasteiger partial charge in [0.05, 0.1) is 0 Å². The van der Waals surface area contributed by atoms with E-state index in [0.29, 0.717) is 5.92 Å². The maximum Gasteiger partial charge on any atom is 0.211 e. The van der Waals surface area contributed by atoms with E-state index in [4.69, 9.17) is 0 Å². The third-order valence-corrected chi connectivity index (χ3v) is 3.37. The maximum atomic E-state index is 11.2. The zero-order valence-corrected chi connectivity index (χ0v) is 12.0. The van der Waals surface area contributed by atoms with Gasteiger partial charge in [0.2, 0.25) is 5.12 Å². The van der Waals surface area contributed by atoms with Gasteiger partial charge in [-0.25, -0.2) is 0 Å². The van der Waals surface area contributed by atoms with Crippen molar-refractivity contribution in [2.24, 2.45) is 11.8 Å². The summed E-state index contributed by atoms with van der Waals surface area (Å²) < 4.78 is 0. The minimum absolute atomic E-state index is 0.191. The molecule has 2 atom stereocenters. The summed E-state index contributed by atoms with van der Waals surface area (Å²) in [6.45, 7) is 8.84. The van der Waals surface area contributed by atoms with Crippen LogP contribution in [0.2, 0.25) is 0 Å². The molecule has 0 amide bonds. The molecule has 0 spiro atoms. The van der Waals surface area contributed by atoms with Crippen LogP contribution in [0.5, 0.6) is 0 Å². The highest BCUT2D eigenvalue weighted by Crippen LogP contribution is 2.19. The van der Waals surface area contributed by atoms with Crippen molar-refractivity contribution in [3.8, 4) is 0 Å². The average molecular weight is 242 g/mol. The summed E-state index contributed by atoms with van der Waals surface area (Å²) in [5, 5.41) is 0.191. The number of allylic oxidation sites excluding steroid dienone is 1. The van der Waals surface area contributed by atoms with E-state index in [1.165, 1.54) is 31.0 Å². The van der Waals surface area contributed by atoms with Gasteiger partial charge in [0, 0.05) is 0 Å². The molecule has 0 bridgehead atoms. The standard InChI is InChI=1S/C14H26OS/c1-5-8-12(3)11-13(4)9-7-10-14(15)16-6-2/h7,10,12-13H,5-6,8-9,11H2,1-4H3/b10-7+/t12-,13+/m1/s1. The predicted molar refractivity (Wildman–Crippen MR) is 74.7 cm³/mol. The number of carbonyl (C=O) groups excluding carboxylic acids is 1. The molecule has 0 rings (SSSR count). The van der Waals surface area contributed by atoms with Gasteiger partial charge in [0.1, 0.15) is 0 Å². The lowest BCUT2D eigenvalue weighted by molar-refractivity contribution is -0.107. The molecule has 0 unspecified atom stereocenters. The second-order valence-corrected chi connectivity index (χ2v) is 5.89. The van der Waals surface area contributed by atoms with Crippen molar-refractivity contribution < 1.29 is 4.79 Å². The fourth-order valence-corrected chi connectivity index (χ4v) is 2.46. The molecule has 0 N–H and O–H groups in total. The molecule has 0 radical (unpaired) electrons. The van der Waals surface area contributed by atoms with E-state index < -0.39 is 0 Å². The first-order valence-electron chi connectivity index (χ1n) is 6.43. The Labute approximate surface area is 105 Å². The number of hydrogen-bond acceptors (Lipinski definition) is 2. The Morgan fingerprint density at radius 3 is 2.50 bits per heavy atom. The zero-order chi connectivity index (χ0) is 12.4. The minimum Gasteiger partial charge on any atom is -0.282 e. The lowest BCUT2D eigenvalue weighted by atomic mass is 9.92. The molecule has 0 aliphatic heterocycles. The largest absolute Gasteiger partial charge is 0.282 e. The van der Waals surface area contributed by atoms with Crippen molar-refractivity contribution in [3.05, 3.63) is 12.2 Å². The lowest BCUT2D eigenvalue weighted by Gasteiger charge is -2.14. The summed E-state index contributed by atoms with van der Waals surface area (Å²) in [5.41, 5.74) is 0. The smallest absolute Gasteiger partial charge is 0.211 e. The van der Waals surface area contributed by atoms with Crippen molar-refractivity contribution >= 4 is 16.9 Å². The van der Waals surface area contributed by atoms with Crippen LogP contribution in [-0.2, 0) is 4.79 Å². The third kappa shape index (κ3) is 9.02. The highest BCUT2D eigenvalue weighted by Gasteiger charge is 2.06. The molecule has 0 heterocycles. The Balaban J connectivity index is 3.71. The molecule has 0 aromatic rings. The predicted octanol–water partition coefficient (Wildman–Crippen LogP) is 4.67. The van der Waals surface area contributed by atoms with E-state index in [0.717, 1.165) is 18.1 Å². The van der Waals surface area contributed by atoms with Crippen LogP contribution in [0.4, 0.5) is 0 Å². The number of hydrogen-bond donors (Lipinski definition) is 0. The molecular weight excluding hydrogens is 216 g/mol. The normalized spacial score (nSPS) is 15.2. The monoisotopic (exact) mass is 242 g/mol.